The average molecular weight is 187 g/mol. The van der Waals surface area contributed by atoms with E-state index >= 15 is 0 Å². The van der Waals surface area contributed by atoms with E-state index in [1.165, 1.54) is 0 Å². The molecular formula is C8H13NO4. The quantitative estimate of drug-likeness (QED) is 0.563. The number of carboxylic acids is 1. The van der Waals surface area contributed by atoms with Crippen LogP contribution in [0.5, 0.6) is 0 Å². The van der Waals surface area contributed by atoms with Crippen LogP contribution in [0, 0.1) is 0 Å². The lowest BCUT2D eigenvalue weighted by molar-refractivity contribution is -0.155. The zero-order valence-electron chi connectivity index (χ0n) is 7.28. The summed E-state index contributed by atoms with van der Waals surface area (Å²) in [5.74, 6) is -0.902. The van der Waals surface area contributed by atoms with Gasteiger partial charge in [-0.15, -0.1) is 0 Å². The number of ether oxygens (including phenoxy) is 2. The summed E-state index contributed by atoms with van der Waals surface area (Å²) in [6.45, 7) is 2.16. The van der Waals surface area contributed by atoms with Crippen LogP contribution in [0.4, 0.5) is 0 Å². The van der Waals surface area contributed by atoms with Gasteiger partial charge in [0.25, 0.3) is 0 Å². The first-order valence-electron chi connectivity index (χ1n) is 4.39. The summed E-state index contributed by atoms with van der Waals surface area (Å²) in [5.41, 5.74) is -0.119. The number of rotatable bonds is 1. The fourth-order valence-electron chi connectivity index (χ4n) is 1.70. The highest BCUT2D eigenvalue weighted by Gasteiger charge is 2.40. The van der Waals surface area contributed by atoms with Crippen LogP contribution in [-0.2, 0) is 14.3 Å². The van der Waals surface area contributed by atoms with Gasteiger partial charge in [-0.1, -0.05) is 0 Å². The van der Waals surface area contributed by atoms with Gasteiger partial charge in [-0.05, 0) is 6.42 Å². The van der Waals surface area contributed by atoms with Crippen molar-refractivity contribution in [2.24, 2.45) is 0 Å². The molecule has 2 N–H and O–H groups in total. The summed E-state index contributed by atoms with van der Waals surface area (Å²) in [6, 6.07) is 0. The molecule has 0 saturated carbocycles. The lowest BCUT2D eigenvalue weighted by atomic mass is 9.98. The Kier molecular flexibility index (Phi) is 2.23. The highest BCUT2D eigenvalue weighted by atomic mass is 16.5. The third-order valence-electron chi connectivity index (χ3n) is 2.60. The minimum atomic E-state index is -0.902. The van der Waals surface area contributed by atoms with E-state index in [4.69, 9.17) is 14.6 Å². The molecule has 2 unspecified atom stereocenters. The second-order valence-electron chi connectivity index (χ2n) is 3.60. The summed E-state index contributed by atoms with van der Waals surface area (Å²) in [6.07, 6.45) is 0.200. The molecule has 2 aliphatic rings. The van der Waals surface area contributed by atoms with Gasteiger partial charge in [-0.2, -0.15) is 0 Å². The van der Waals surface area contributed by atoms with Crippen molar-refractivity contribution in [3.05, 3.63) is 0 Å². The molecule has 0 aromatic heterocycles. The van der Waals surface area contributed by atoms with E-state index in [2.05, 4.69) is 5.32 Å². The van der Waals surface area contributed by atoms with Crippen LogP contribution in [0.2, 0.25) is 0 Å². The Morgan fingerprint density at radius 1 is 1.54 bits per heavy atom. The maximum atomic E-state index is 10.6. The van der Waals surface area contributed by atoms with Crippen LogP contribution in [0.15, 0.2) is 0 Å². The molecule has 74 valence electrons. The zero-order chi connectivity index (χ0) is 9.31. The van der Waals surface area contributed by atoms with Gasteiger partial charge in [-0.25, -0.2) is 4.79 Å². The fourth-order valence-corrected chi connectivity index (χ4v) is 1.70. The number of nitrogens with one attached hydrogen (secondary N) is 1. The molecule has 2 fully saturated rings. The van der Waals surface area contributed by atoms with Crippen molar-refractivity contribution in [2.45, 2.75) is 18.1 Å². The minimum Gasteiger partial charge on any atom is -0.479 e. The normalized spacial score (nSPS) is 39.5. The second-order valence-corrected chi connectivity index (χ2v) is 3.60. The van der Waals surface area contributed by atoms with E-state index in [-0.39, 0.29) is 5.54 Å². The van der Waals surface area contributed by atoms with Gasteiger partial charge in [-0.3, -0.25) is 0 Å². The van der Waals surface area contributed by atoms with Gasteiger partial charge < -0.3 is 19.9 Å². The van der Waals surface area contributed by atoms with E-state index < -0.39 is 12.1 Å². The molecule has 0 aromatic carbocycles. The van der Waals surface area contributed by atoms with Gasteiger partial charge in [0.05, 0.1) is 18.8 Å². The summed E-state index contributed by atoms with van der Waals surface area (Å²) < 4.78 is 10.5. The molecule has 0 aliphatic carbocycles. The summed E-state index contributed by atoms with van der Waals surface area (Å²) in [4.78, 5) is 10.6. The zero-order valence-corrected chi connectivity index (χ0v) is 7.28. The van der Waals surface area contributed by atoms with E-state index in [0.29, 0.717) is 19.8 Å². The number of hydrogen-bond acceptors (Lipinski definition) is 4. The molecule has 0 amide bonds. The first-order valence-corrected chi connectivity index (χ1v) is 4.39. The first kappa shape index (κ1) is 8.93. The maximum Gasteiger partial charge on any atom is 0.334 e. The van der Waals surface area contributed by atoms with Crippen molar-refractivity contribution in [3.63, 3.8) is 0 Å². The lowest BCUT2D eigenvalue weighted by Crippen LogP contribution is -2.59. The Hall–Kier alpha value is -0.650. The van der Waals surface area contributed by atoms with E-state index in [0.717, 1.165) is 13.0 Å². The minimum absolute atomic E-state index is 0.119. The molecule has 5 nitrogen and oxygen atoms in total. The number of carbonyl (C=O) groups is 1. The van der Waals surface area contributed by atoms with E-state index in [1.807, 2.05) is 0 Å². The Morgan fingerprint density at radius 3 is 2.85 bits per heavy atom. The Morgan fingerprint density at radius 2 is 2.38 bits per heavy atom. The van der Waals surface area contributed by atoms with Crippen LogP contribution in [-0.4, -0.2) is 49.1 Å². The molecular weight excluding hydrogens is 174 g/mol. The molecule has 0 aromatic rings. The SMILES string of the molecule is O=C(O)C1CNC2(CCOC2)CO1. The van der Waals surface area contributed by atoms with Crippen molar-refractivity contribution in [3.8, 4) is 0 Å². The Labute approximate surface area is 76.0 Å². The first-order chi connectivity index (χ1) is 6.22. The molecule has 13 heavy (non-hydrogen) atoms. The smallest absolute Gasteiger partial charge is 0.334 e. The number of morpholine rings is 1. The molecule has 2 heterocycles. The summed E-state index contributed by atoms with van der Waals surface area (Å²) in [7, 11) is 0. The molecule has 0 bridgehead atoms. The van der Waals surface area contributed by atoms with Crippen molar-refractivity contribution in [1.82, 2.24) is 5.32 Å². The third kappa shape index (κ3) is 1.67. The molecule has 1 spiro atoms. The van der Waals surface area contributed by atoms with Gasteiger partial charge >= 0.3 is 5.97 Å². The fraction of sp³-hybridized carbons (Fsp3) is 0.875. The van der Waals surface area contributed by atoms with Gasteiger partial charge in [0, 0.05) is 13.2 Å². The monoisotopic (exact) mass is 187 g/mol. The number of hydrogen-bond donors (Lipinski definition) is 2. The van der Waals surface area contributed by atoms with Crippen LogP contribution in [0.1, 0.15) is 6.42 Å². The molecule has 2 atom stereocenters. The van der Waals surface area contributed by atoms with Crippen LogP contribution < -0.4 is 5.32 Å². The second kappa shape index (κ2) is 3.25. The van der Waals surface area contributed by atoms with Crippen molar-refractivity contribution >= 4 is 5.97 Å². The highest BCUT2D eigenvalue weighted by Crippen LogP contribution is 2.22. The molecule has 2 aliphatic heterocycles. The average Bonchev–Trinajstić information content (AvgIpc) is 2.54. The van der Waals surface area contributed by atoms with Gasteiger partial charge in [0.2, 0.25) is 0 Å². The van der Waals surface area contributed by atoms with Gasteiger partial charge in [0.1, 0.15) is 0 Å². The standard InChI is InChI=1S/C8H13NO4/c10-7(11)6-3-9-8(5-13-6)1-2-12-4-8/h6,9H,1-5H2,(H,10,11). The van der Waals surface area contributed by atoms with E-state index in [9.17, 15) is 4.79 Å². The van der Waals surface area contributed by atoms with Crippen LogP contribution >= 0.6 is 0 Å². The highest BCUT2D eigenvalue weighted by molar-refractivity contribution is 5.72. The van der Waals surface area contributed by atoms with Crippen LogP contribution in [0.25, 0.3) is 0 Å². The number of aliphatic carboxylic acids is 1. The van der Waals surface area contributed by atoms with Crippen molar-refractivity contribution < 1.29 is 19.4 Å². The maximum absolute atomic E-state index is 10.6. The number of carboxylic acid groups (broad SMARTS) is 1. The third-order valence-corrected chi connectivity index (χ3v) is 2.60. The summed E-state index contributed by atoms with van der Waals surface area (Å²) in [5, 5.41) is 11.9. The largest absolute Gasteiger partial charge is 0.479 e. The molecule has 2 saturated heterocycles. The predicted molar refractivity (Wildman–Crippen MR) is 43.5 cm³/mol. The van der Waals surface area contributed by atoms with Crippen LogP contribution in [0.3, 0.4) is 0 Å². The van der Waals surface area contributed by atoms with Gasteiger partial charge in [0.15, 0.2) is 6.10 Å². The Bertz CT molecular complexity index is 202. The predicted octanol–water partition coefficient (Wildman–Crippen LogP) is -0.781. The summed E-state index contributed by atoms with van der Waals surface area (Å²) >= 11 is 0. The molecule has 5 heteroatoms. The van der Waals surface area contributed by atoms with Crippen molar-refractivity contribution in [1.29, 1.82) is 0 Å². The molecule has 2 rings (SSSR count). The van der Waals surface area contributed by atoms with E-state index in [1.54, 1.807) is 0 Å². The van der Waals surface area contributed by atoms with Crippen molar-refractivity contribution in [2.75, 3.05) is 26.4 Å². The molecule has 0 radical (unpaired) electrons. The Balaban J connectivity index is 1.91. The lowest BCUT2D eigenvalue weighted by Gasteiger charge is -2.35. The topological polar surface area (TPSA) is 67.8 Å².